The maximum absolute atomic E-state index is 2.66. The van der Waals surface area contributed by atoms with E-state index in [0.29, 0.717) is 0 Å². The predicted molar refractivity (Wildman–Crippen MR) is 383 cm³/mol. The summed E-state index contributed by atoms with van der Waals surface area (Å²) >= 11 is 7.77. The first-order valence-electron chi connectivity index (χ1n) is 30.7. The zero-order chi connectivity index (χ0) is 58.6. The van der Waals surface area contributed by atoms with E-state index in [-0.39, 0.29) is 0 Å². The molecule has 18 aromatic rings. The van der Waals surface area contributed by atoms with Gasteiger partial charge >= 0.3 is 0 Å². The van der Waals surface area contributed by atoms with Crippen LogP contribution in [0.3, 0.4) is 0 Å². The molecule has 6 aromatic heterocycles. The standard InChI is InChI=1S/C82H48N4S4/c1-3-23-49(24-4-1)83-63-37-17-11-31-55(63)81(56-32-12-18-38-64(56)83)59-47-73(85-61-35-15-7-27-51(61)75-67(85)43-45-71-77(75)53-29-9-21-41-69(53)87-71)90-80(59)82(57-33-13-19-39-65(57)84(50-25-5-2-6-26-50)66-40-20-14-34-58(66)82)60-48-74(89-79(60)81)86-62-36-16-8-28-52(62)76-68(86)44-46-72-78(76)54-30-10-22-42-70(54)88-72/h1-48H. The maximum Gasteiger partial charge on any atom is 0.101 e. The fourth-order valence-corrected chi connectivity index (χ4v) is 21.8. The van der Waals surface area contributed by atoms with Crippen molar-refractivity contribution in [3.63, 3.8) is 0 Å². The number of fused-ring (bicyclic) bond motifs is 28. The van der Waals surface area contributed by atoms with Crippen LogP contribution >= 0.6 is 45.3 Å². The summed E-state index contributed by atoms with van der Waals surface area (Å²) in [6.45, 7) is 0. The van der Waals surface area contributed by atoms with Gasteiger partial charge in [-0.3, -0.25) is 0 Å². The Balaban J connectivity index is 0.964. The second kappa shape index (κ2) is 18.2. The minimum absolute atomic E-state index is 0.836. The molecule has 90 heavy (non-hydrogen) atoms. The van der Waals surface area contributed by atoms with Crippen LogP contribution in [-0.2, 0) is 10.8 Å². The van der Waals surface area contributed by atoms with E-state index in [1.165, 1.54) is 160 Å². The number of benzene rings is 12. The van der Waals surface area contributed by atoms with Crippen LogP contribution in [-0.4, -0.2) is 9.13 Å². The number of aromatic nitrogens is 2. The Morgan fingerprint density at radius 1 is 0.233 bits per heavy atom. The van der Waals surface area contributed by atoms with E-state index in [1.54, 1.807) is 0 Å². The first-order chi connectivity index (χ1) is 44.7. The van der Waals surface area contributed by atoms with E-state index < -0.39 is 10.8 Å². The lowest BCUT2D eigenvalue weighted by atomic mass is 9.53. The summed E-state index contributed by atoms with van der Waals surface area (Å²) in [5.74, 6) is 0. The predicted octanol–water partition coefficient (Wildman–Crippen LogP) is 23.4. The summed E-state index contributed by atoms with van der Waals surface area (Å²) in [5, 5.41) is 12.8. The van der Waals surface area contributed by atoms with Gasteiger partial charge in [0.15, 0.2) is 0 Å². The van der Waals surface area contributed by atoms with E-state index in [1.807, 2.05) is 45.3 Å². The number of thiophene rings is 4. The number of nitrogens with zero attached hydrogens (tertiary/aromatic N) is 4. The van der Waals surface area contributed by atoms with Gasteiger partial charge in [-0.15, -0.1) is 45.3 Å². The third-order valence-corrected chi connectivity index (χ3v) is 24.7. The van der Waals surface area contributed by atoms with E-state index in [4.69, 9.17) is 0 Å². The highest BCUT2D eigenvalue weighted by Crippen LogP contribution is 2.71. The molecular weight excluding hydrogens is 1170 g/mol. The van der Waals surface area contributed by atoms with Gasteiger partial charge in [-0.25, -0.2) is 0 Å². The monoisotopic (exact) mass is 1220 g/mol. The molecule has 0 fully saturated rings. The molecule has 0 unspecified atom stereocenters. The van der Waals surface area contributed by atoms with Gasteiger partial charge in [0.05, 0.1) is 55.6 Å². The molecule has 3 aliphatic rings. The quantitative estimate of drug-likeness (QED) is 0.175. The van der Waals surface area contributed by atoms with Gasteiger partial charge in [-0.2, -0.15) is 0 Å². The fraction of sp³-hybridized carbons (Fsp3) is 0.0244. The average molecular weight is 1220 g/mol. The van der Waals surface area contributed by atoms with E-state index >= 15 is 0 Å². The third kappa shape index (κ3) is 6.19. The van der Waals surface area contributed by atoms with E-state index in [2.05, 4.69) is 310 Å². The number of para-hydroxylation sites is 8. The summed E-state index contributed by atoms with van der Waals surface area (Å²) in [5.41, 5.74) is 17.7. The smallest absolute Gasteiger partial charge is 0.101 e. The number of anilines is 6. The van der Waals surface area contributed by atoms with Gasteiger partial charge in [0, 0.05) is 83.0 Å². The second-order valence-corrected chi connectivity index (χ2v) is 28.4. The molecule has 0 radical (unpaired) electrons. The Bertz CT molecular complexity index is 5580. The lowest BCUT2D eigenvalue weighted by molar-refractivity contribution is 0.633. The minimum atomic E-state index is -0.836. The van der Waals surface area contributed by atoms with Crippen molar-refractivity contribution in [3.05, 3.63) is 334 Å². The Morgan fingerprint density at radius 3 is 0.967 bits per heavy atom. The molecule has 0 saturated carbocycles. The fourth-order valence-electron chi connectivity index (χ4n) is 16.6. The molecule has 0 saturated heterocycles. The molecule has 4 nitrogen and oxygen atoms in total. The van der Waals surface area contributed by atoms with Gasteiger partial charge in [0.2, 0.25) is 0 Å². The maximum atomic E-state index is 2.66. The third-order valence-electron chi connectivity index (χ3n) is 19.9. The molecule has 0 N–H and O–H groups in total. The normalized spacial score (nSPS) is 14.4. The highest BCUT2D eigenvalue weighted by molar-refractivity contribution is 7.26. The Labute approximate surface area is 533 Å². The van der Waals surface area contributed by atoms with Gasteiger partial charge in [0.1, 0.15) is 10.0 Å². The van der Waals surface area contributed by atoms with Gasteiger partial charge < -0.3 is 18.9 Å². The topological polar surface area (TPSA) is 16.3 Å². The SMILES string of the molecule is c1ccc(N2c3ccccc3C3(c4ccccc42)c2cc(-n4c5ccccc5c5c6c(ccc54)sc4ccccc46)sc2C2(c4ccccc4N(c4ccccc4)c4ccccc42)c2cc(-n4c5ccccc5c5c6c(ccc54)sc4ccccc46)sc23)cc1. The first kappa shape index (κ1) is 49.6. The van der Waals surface area contributed by atoms with Crippen molar-refractivity contribution in [3.8, 4) is 10.0 Å². The van der Waals surface area contributed by atoms with Crippen LogP contribution in [0.2, 0.25) is 0 Å². The summed E-state index contributed by atoms with van der Waals surface area (Å²) in [7, 11) is 0. The Hall–Kier alpha value is -10.3. The van der Waals surface area contributed by atoms with Crippen LogP contribution in [0.4, 0.5) is 34.1 Å². The Morgan fingerprint density at radius 2 is 0.567 bits per heavy atom. The molecule has 12 aromatic carbocycles. The van der Waals surface area contributed by atoms with Crippen molar-refractivity contribution in [2.75, 3.05) is 9.80 Å². The van der Waals surface area contributed by atoms with Crippen molar-refractivity contribution in [1.82, 2.24) is 9.13 Å². The van der Waals surface area contributed by atoms with Crippen molar-refractivity contribution in [2.45, 2.75) is 10.8 Å². The van der Waals surface area contributed by atoms with E-state index in [0.717, 1.165) is 11.4 Å². The zero-order valence-electron chi connectivity index (χ0n) is 48.1. The highest BCUT2D eigenvalue weighted by Gasteiger charge is 2.61. The summed E-state index contributed by atoms with van der Waals surface area (Å²) in [6.07, 6.45) is 0. The molecule has 0 amide bonds. The molecule has 0 bridgehead atoms. The van der Waals surface area contributed by atoms with Crippen molar-refractivity contribution >= 4 is 163 Å². The van der Waals surface area contributed by atoms with Gasteiger partial charge in [-0.1, -0.05) is 182 Å². The van der Waals surface area contributed by atoms with E-state index in [9.17, 15) is 0 Å². The number of hydrogen-bond acceptors (Lipinski definition) is 6. The van der Waals surface area contributed by atoms with Crippen molar-refractivity contribution in [1.29, 1.82) is 0 Å². The van der Waals surface area contributed by atoms with Crippen molar-refractivity contribution in [2.24, 2.45) is 0 Å². The second-order valence-electron chi connectivity index (χ2n) is 24.1. The highest BCUT2D eigenvalue weighted by atomic mass is 32.1. The molecule has 2 spiro atoms. The van der Waals surface area contributed by atoms with Crippen LogP contribution in [0.5, 0.6) is 0 Å². The first-order valence-corrected chi connectivity index (χ1v) is 34.0. The van der Waals surface area contributed by atoms with Gasteiger partial charge in [-0.05, 0) is 143 Å². The lowest BCUT2D eigenvalue weighted by Crippen LogP contribution is -2.47. The summed E-state index contributed by atoms with van der Waals surface area (Å²) in [6, 6.07) is 111. The number of hydrogen-bond donors (Lipinski definition) is 0. The largest absolute Gasteiger partial charge is 0.310 e. The lowest BCUT2D eigenvalue weighted by Gasteiger charge is -2.53. The molecular formula is C82H48N4S4. The molecule has 21 rings (SSSR count). The van der Waals surface area contributed by atoms with Gasteiger partial charge in [0.25, 0.3) is 0 Å². The van der Waals surface area contributed by atoms with Crippen LogP contribution in [0.1, 0.15) is 43.1 Å². The molecule has 2 aliphatic heterocycles. The Kier molecular flexibility index (Phi) is 10.0. The van der Waals surface area contributed by atoms with Crippen LogP contribution < -0.4 is 9.80 Å². The average Bonchev–Trinajstić information content (AvgIpc) is 1.23. The summed E-state index contributed by atoms with van der Waals surface area (Å²) in [4.78, 5) is 7.69. The molecule has 420 valence electrons. The van der Waals surface area contributed by atoms with Crippen molar-refractivity contribution < 1.29 is 0 Å². The molecule has 0 atom stereocenters. The molecule has 8 heterocycles. The van der Waals surface area contributed by atoms with Crippen LogP contribution in [0.15, 0.2) is 291 Å². The number of rotatable bonds is 4. The van der Waals surface area contributed by atoms with Crippen LogP contribution in [0, 0.1) is 0 Å². The minimum Gasteiger partial charge on any atom is -0.310 e. The van der Waals surface area contributed by atoms with Crippen LogP contribution in [0.25, 0.3) is 94.0 Å². The summed E-state index contributed by atoms with van der Waals surface area (Å²) < 4.78 is 10.5. The molecule has 1 aliphatic carbocycles. The molecule has 8 heteroatoms. The zero-order valence-corrected chi connectivity index (χ0v) is 51.4.